The molecular formula is C25H37N5O2. The van der Waals surface area contributed by atoms with Crippen LogP contribution in [0.4, 0.5) is 0 Å². The number of aromatic nitrogens is 1. The molecule has 0 radical (unpaired) electrons. The van der Waals surface area contributed by atoms with Crippen LogP contribution in [0.1, 0.15) is 81.5 Å². The minimum Gasteiger partial charge on any atom is -0.369 e. The van der Waals surface area contributed by atoms with Crippen LogP contribution >= 0.6 is 0 Å². The van der Waals surface area contributed by atoms with Crippen LogP contribution in [0, 0.1) is 11.3 Å². The zero-order valence-electron chi connectivity index (χ0n) is 19.6. The number of pyridine rings is 1. The molecule has 3 aliphatic rings. The maximum atomic E-state index is 13.4. The molecule has 2 amide bonds. The third kappa shape index (κ3) is 4.66. The lowest BCUT2D eigenvalue weighted by Gasteiger charge is -2.44. The van der Waals surface area contributed by atoms with E-state index in [4.69, 9.17) is 10.7 Å². The van der Waals surface area contributed by atoms with E-state index >= 15 is 0 Å². The number of rotatable bonds is 6. The highest BCUT2D eigenvalue weighted by molar-refractivity contribution is 6.06. The van der Waals surface area contributed by atoms with E-state index in [0.29, 0.717) is 30.4 Å². The lowest BCUT2D eigenvalue weighted by Crippen LogP contribution is -2.51. The average Bonchev–Trinajstić information content (AvgIpc) is 3.01. The third-order valence-corrected chi connectivity index (χ3v) is 7.78. The van der Waals surface area contributed by atoms with Gasteiger partial charge in [-0.2, -0.15) is 0 Å². The van der Waals surface area contributed by atoms with Crippen molar-refractivity contribution in [3.05, 3.63) is 30.1 Å². The number of nitrogens with two attached hydrogens (primary N) is 1. The SMILES string of the molecule is CN1C(=O)[C@](CCC2CCCCC2)(C[C@]2(C)CCCN(C(=O)c3ccncc3)C2)N=C1N. The second kappa shape index (κ2) is 9.20. The largest absolute Gasteiger partial charge is 0.369 e. The normalized spacial score (nSPS) is 29.3. The van der Waals surface area contributed by atoms with Crippen molar-refractivity contribution in [1.82, 2.24) is 14.8 Å². The second-order valence-electron chi connectivity index (χ2n) is 10.5. The summed E-state index contributed by atoms with van der Waals surface area (Å²) in [6.45, 7) is 3.58. The maximum Gasteiger partial charge on any atom is 0.257 e. The number of likely N-dealkylation sites (tertiary alicyclic amines) is 1. The van der Waals surface area contributed by atoms with Crippen molar-refractivity contribution in [3.63, 3.8) is 0 Å². The Balaban J connectivity index is 1.51. The van der Waals surface area contributed by atoms with Crippen molar-refractivity contribution in [3.8, 4) is 0 Å². The number of aliphatic imine (C=N–C) groups is 1. The van der Waals surface area contributed by atoms with E-state index in [9.17, 15) is 9.59 Å². The van der Waals surface area contributed by atoms with Crippen molar-refractivity contribution in [2.24, 2.45) is 22.1 Å². The summed E-state index contributed by atoms with van der Waals surface area (Å²) >= 11 is 0. The Morgan fingerprint density at radius 1 is 1.19 bits per heavy atom. The number of nitrogens with zero attached hydrogens (tertiary/aromatic N) is 4. The Kier molecular flexibility index (Phi) is 6.54. The monoisotopic (exact) mass is 439 g/mol. The van der Waals surface area contributed by atoms with Gasteiger partial charge in [-0.1, -0.05) is 39.0 Å². The summed E-state index contributed by atoms with van der Waals surface area (Å²) < 4.78 is 0. The lowest BCUT2D eigenvalue weighted by atomic mass is 9.69. The van der Waals surface area contributed by atoms with Gasteiger partial charge in [0.1, 0.15) is 5.54 Å². The fraction of sp³-hybridized carbons (Fsp3) is 0.680. The van der Waals surface area contributed by atoms with Gasteiger partial charge in [-0.3, -0.25) is 19.5 Å². The molecule has 1 aliphatic carbocycles. The van der Waals surface area contributed by atoms with Gasteiger partial charge >= 0.3 is 0 Å². The van der Waals surface area contributed by atoms with Crippen molar-refractivity contribution < 1.29 is 9.59 Å². The van der Waals surface area contributed by atoms with Gasteiger partial charge in [0.25, 0.3) is 11.8 Å². The molecule has 2 aliphatic heterocycles. The van der Waals surface area contributed by atoms with Gasteiger partial charge in [-0.05, 0) is 55.6 Å². The van der Waals surface area contributed by atoms with E-state index in [2.05, 4.69) is 11.9 Å². The highest BCUT2D eigenvalue weighted by Gasteiger charge is 2.51. The first kappa shape index (κ1) is 22.7. The molecule has 1 saturated heterocycles. The number of piperidine rings is 1. The molecule has 32 heavy (non-hydrogen) atoms. The van der Waals surface area contributed by atoms with Crippen LogP contribution in [-0.2, 0) is 4.79 Å². The second-order valence-corrected chi connectivity index (χ2v) is 10.5. The van der Waals surface area contributed by atoms with E-state index in [0.717, 1.165) is 32.2 Å². The highest BCUT2D eigenvalue weighted by atomic mass is 16.2. The molecule has 7 nitrogen and oxygen atoms in total. The van der Waals surface area contributed by atoms with Crippen LogP contribution < -0.4 is 5.73 Å². The van der Waals surface area contributed by atoms with Crippen LogP contribution in [0.15, 0.2) is 29.5 Å². The minimum atomic E-state index is -0.798. The Bertz CT molecular complexity index is 866. The molecule has 1 aromatic heterocycles. The molecule has 7 heteroatoms. The smallest absolute Gasteiger partial charge is 0.257 e. The first-order valence-corrected chi connectivity index (χ1v) is 12.1. The molecule has 0 bridgehead atoms. The summed E-state index contributed by atoms with van der Waals surface area (Å²) in [6, 6.07) is 3.53. The van der Waals surface area contributed by atoms with Crippen LogP contribution in [0.25, 0.3) is 0 Å². The molecule has 3 heterocycles. The quantitative estimate of drug-likeness (QED) is 0.733. The molecular weight excluding hydrogens is 402 g/mol. The first-order valence-electron chi connectivity index (χ1n) is 12.1. The number of hydrogen-bond donors (Lipinski definition) is 1. The van der Waals surface area contributed by atoms with E-state index in [-0.39, 0.29) is 17.2 Å². The predicted octanol–water partition coefficient (Wildman–Crippen LogP) is 3.60. The summed E-state index contributed by atoms with van der Waals surface area (Å²) in [6.07, 6.45) is 14.0. The molecule has 1 aromatic rings. The fourth-order valence-corrected chi connectivity index (χ4v) is 6.06. The van der Waals surface area contributed by atoms with Crippen molar-refractivity contribution in [1.29, 1.82) is 0 Å². The molecule has 1 saturated carbocycles. The molecule has 0 spiro atoms. The summed E-state index contributed by atoms with van der Waals surface area (Å²) in [5.74, 6) is 1.06. The molecule has 2 N–H and O–H groups in total. The van der Waals surface area contributed by atoms with Crippen LogP contribution in [0.2, 0.25) is 0 Å². The zero-order valence-corrected chi connectivity index (χ0v) is 19.6. The molecule has 0 unspecified atom stereocenters. The highest BCUT2D eigenvalue weighted by Crippen LogP contribution is 2.44. The minimum absolute atomic E-state index is 0.0182. The van der Waals surface area contributed by atoms with Gasteiger partial charge in [0.2, 0.25) is 0 Å². The Morgan fingerprint density at radius 3 is 2.56 bits per heavy atom. The number of likely N-dealkylation sites (N-methyl/N-ethyl adjacent to an activating group) is 1. The van der Waals surface area contributed by atoms with Gasteiger partial charge < -0.3 is 10.6 Å². The molecule has 2 atom stereocenters. The van der Waals surface area contributed by atoms with Crippen LogP contribution in [-0.4, -0.2) is 58.2 Å². The molecule has 0 aromatic carbocycles. The van der Waals surface area contributed by atoms with Gasteiger partial charge in [0.15, 0.2) is 5.96 Å². The van der Waals surface area contributed by atoms with E-state index < -0.39 is 5.54 Å². The first-order chi connectivity index (χ1) is 15.3. The van der Waals surface area contributed by atoms with Crippen molar-refractivity contribution >= 4 is 17.8 Å². The number of amides is 2. The summed E-state index contributed by atoms with van der Waals surface area (Å²) in [5.41, 5.74) is 5.82. The van der Waals surface area contributed by atoms with E-state index in [1.165, 1.54) is 37.0 Å². The maximum absolute atomic E-state index is 13.4. The fourth-order valence-electron chi connectivity index (χ4n) is 6.06. The molecule has 174 valence electrons. The Hall–Kier alpha value is -2.44. The summed E-state index contributed by atoms with van der Waals surface area (Å²) in [4.78, 5) is 38.8. The van der Waals surface area contributed by atoms with Crippen LogP contribution in [0.3, 0.4) is 0 Å². The zero-order chi connectivity index (χ0) is 22.8. The third-order valence-electron chi connectivity index (χ3n) is 7.78. The van der Waals surface area contributed by atoms with Crippen molar-refractivity contribution in [2.45, 2.75) is 76.7 Å². The standard InChI is InChI=1S/C25H37N5O2/c1-24(12-6-16-30(18-24)21(31)20-10-14-27-15-11-20)17-25(22(32)29(2)23(26)28-25)13-9-19-7-4-3-5-8-19/h10-11,14-15,19H,3-9,12-13,16-18H2,1-2H3,(H2,26,28)/t24-,25-/m0/s1. The number of guanidine groups is 1. The summed E-state index contributed by atoms with van der Waals surface area (Å²) in [7, 11) is 1.73. The predicted molar refractivity (Wildman–Crippen MR) is 125 cm³/mol. The molecule has 2 fully saturated rings. The number of carbonyl (C=O) groups excluding carboxylic acids is 2. The van der Waals surface area contributed by atoms with Gasteiger partial charge in [-0.15, -0.1) is 0 Å². The number of hydrogen-bond acceptors (Lipinski definition) is 5. The summed E-state index contributed by atoms with van der Waals surface area (Å²) in [5, 5.41) is 0. The Labute approximate surface area is 191 Å². The van der Waals surface area contributed by atoms with Gasteiger partial charge in [0, 0.05) is 38.1 Å². The van der Waals surface area contributed by atoms with E-state index in [1.54, 1.807) is 31.6 Å². The lowest BCUT2D eigenvalue weighted by molar-refractivity contribution is -0.132. The topological polar surface area (TPSA) is 91.9 Å². The van der Waals surface area contributed by atoms with Gasteiger partial charge in [-0.25, -0.2) is 4.99 Å². The Morgan fingerprint density at radius 2 is 1.91 bits per heavy atom. The average molecular weight is 440 g/mol. The van der Waals surface area contributed by atoms with Crippen LogP contribution in [0.5, 0.6) is 0 Å². The molecule has 4 rings (SSSR count). The van der Waals surface area contributed by atoms with E-state index in [1.807, 2.05) is 4.90 Å². The van der Waals surface area contributed by atoms with Gasteiger partial charge in [0.05, 0.1) is 0 Å². The number of carbonyl (C=O) groups is 2. The van der Waals surface area contributed by atoms with Crippen molar-refractivity contribution in [2.75, 3.05) is 20.1 Å².